The third-order valence-electron chi connectivity index (χ3n) is 5.94. The molecular formula is C24H36ClN5O. The van der Waals surface area contributed by atoms with Gasteiger partial charge in [0.25, 0.3) is 0 Å². The standard InChI is InChI=1S/C24H36ClN5O/c1-18(2)11-12-29(24(31)19(3)25)17-22-20(4)26-30(21-9-7-6-8-10-21)23(22)28-15-13-27(5)14-16-28/h6-10,18-19H,11-17H2,1-5H3/t19-/m0/s1. The van der Waals surface area contributed by atoms with Crippen molar-refractivity contribution in [3.05, 3.63) is 41.6 Å². The molecule has 1 aliphatic heterocycles. The number of likely N-dealkylation sites (N-methyl/N-ethyl adjacent to an activating group) is 1. The van der Waals surface area contributed by atoms with E-state index in [4.69, 9.17) is 16.7 Å². The van der Waals surface area contributed by atoms with E-state index in [9.17, 15) is 4.79 Å². The second kappa shape index (κ2) is 10.5. The van der Waals surface area contributed by atoms with E-state index >= 15 is 0 Å². The molecule has 0 unspecified atom stereocenters. The first kappa shape index (κ1) is 23.6. The highest BCUT2D eigenvalue weighted by Crippen LogP contribution is 2.30. The summed E-state index contributed by atoms with van der Waals surface area (Å²) in [5.74, 6) is 1.60. The average Bonchev–Trinajstić information content (AvgIpc) is 3.07. The van der Waals surface area contributed by atoms with Gasteiger partial charge >= 0.3 is 0 Å². The predicted octanol–water partition coefficient (Wildman–Crippen LogP) is 3.93. The summed E-state index contributed by atoms with van der Waals surface area (Å²) in [4.78, 5) is 19.6. The number of hydrogen-bond acceptors (Lipinski definition) is 4. The van der Waals surface area contributed by atoms with Crippen LogP contribution in [-0.2, 0) is 11.3 Å². The Morgan fingerprint density at radius 2 is 1.77 bits per heavy atom. The van der Waals surface area contributed by atoms with Gasteiger partial charge in [-0.05, 0) is 45.4 Å². The lowest BCUT2D eigenvalue weighted by molar-refractivity contribution is -0.131. The number of aryl methyl sites for hydroxylation is 1. The smallest absolute Gasteiger partial charge is 0.240 e. The Morgan fingerprint density at radius 3 is 2.35 bits per heavy atom. The lowest BCUT2D eigenvalue weighted by Crippen LogP contribution is -2.46. The SMILES string of the molecule is Cc1nn(-c2ccccc2)c(N2CCN(C)CC2)c1CN(CCC(C)C)C(=O)[C@H](C)Cl. The summed E-state index contributed by atoms with van der Waals surface area (Å²) in [7, 11) is 2.16. The summed E-state index contributed by atoms with van der Waals surface area (Å²) in [6.07, 6.45) is 0.949. The van der Waals surface area contributed by atoms with Crippen LogP contribution in [0.5, 0.6) is 0 Å². The van der Waals surface area contributed by atoms with Crippen LogP contribution in [0.1, 0.15) is 38.4 Å². The molecular weight excluding hydrogens is 410 g/mol. The second-order valence-corrected chi connectivity index (χ2v) is 9.64. The van der Waals surface area contributed by atoms with Crippen LogP contribution in [0.3, 0.4) is 0 Å². The van der Waals surface area contributed by atoms with Crippen molar-refractivity contribution in [2.24, 2.45) is 5.92 Å². The van der Waals surface area contributed by atoms with Gasteiger partial charge in [0.1, 0.15) is 11.2 Å². The van der Waals surface area contributed by atoms with Crippen LogP contribution in [0, 0.1) is 12.8 Å². The summed E-state index contributed by atoms with van der Waals surface area (Å²) in [5, 5.41) is 4.38. The summed E-state index contributed by atoms with van der Waals surface area (Å²) in [6, 6.07) is 10.3. The number of nitrogens with zero attached hydrogens (tertiary/aromatic N) is 5. The molecule has 0 radical (unpaired) electrons. The molecule has 0 saturated carbocycles. The van der Waals surface area contributed by atoms with Crippen LogP contribution < -0.4 is 4.90 Å². The number of rotatable bonds is 8. The normalized spacial score (nSPS) is 16.0. The van der Waals surface area contributed by atoms with Crippen molar-refractivity contribution in [1.82, 2.24) is 19.6 Å². The fraction of sp³-hybridized carbons (Fsp3) is 0.583. The Labute approximate surface area is 191 Å². The number of halogens is 1. The maximum Gasteiger partial charge on any atom is 0.240 e. The van der Waals surface area contributed by atoms with Crippen LogP contribution in [0.2, 0.25) is 0 Å². The third kappa shape index (κ3) is 5.80. The first-order valence-electron chi connectivity index (χ1n) is 11.3. The molecule has 3 rings (SSSR count). The second-order valence-electron chi connectivity index (χ2n) is 8.98. The van der Waals surface area contributed by atoms with E-state index in [1.54, 1.807) is 6.92 Å². The molecule has 7 heteroatoms. The molecule has 2 aromatic rings. The van der Waals surface area contributed by atoms with Gasteiger partial charge in [-0.15, -0.1) is 11.6 Å². The van der Waals surface area contributed by atoms with E-state index in [0.29, 0.717) is 19.0 Å². The number of carbonyl (C=O) groups excluding carboxylic acids is 1. The fourth-order valence-corrected chi connectivity index (χ4v) is 4.09. The summed E-state index contributed by atoms with van der Waals surface area (Å²) in [5.41, 5.74) is 3.11. The van der Waals surface area contributed by atoms with Gasteiger partial charge in [0.15, 0.2) is 0 Å². The molecule has 1 saturated heterocycles. The van der Waals surface area contributed by atoms with Crippen molar-refractivity contribution in [1.29, 1.82) is 0 Å². The Morgan fingerprint density at radius 1 is 1.13 bits per heavy atom. The van der Waals surface area contributed by atoms with Crippen molar-refractivity contribution in [2.45, 2.75) is 46.0 Å². The Hall–Kier alpha value is -2.05. The number of para-hydroxylation sites is 1. The van der Waals surface area contributed by atoms with Gasteiger partial charge in [-0.1, -0.05) is 32.0 Å². The molecule has 1 fully saturated rings. The van der Waals surface area contributed by atoms with Gasteiger partial charge in [0.05, 0.1) is 17.9 Å². The number of amides is 1. The molecule has 1 aromatic heterocycles. The van der Waals surface area contributed by atoms with Crippen molar-refractivity contribution in [3.8, 4) is 5.69 Å². The van der Waals surface area contributed by atoms with E-state index in [-0.39, 0.29) is 5.91 Å². The summed E-state index contributed by atoms with van der Waals surface area (Å²) in [6.45, 7) is 13.3. The zero-order valence-corrected chi connectivity index (χ0v) is 20.3. The van der Waals surface area contributed by atoms with Crippen molar-refractivity contribution in [3.63, 3.8) is 0 Å². The molecule has 0 spiro atoms. The highest BCUT2D eigenvalue weighted by Gasteiger charge is 2.28. The van der Waals surface area contributed by atoms with Gasteiger partial charge in [0, 0.05) is 38.3 Å². The molecule has 2 heterocycles. The highest BCUT2D eigenvalue weighted by atomic mass is 35.5. The lowest BCUT2D eigenvalue weighted by Gasteiger charge is -2.35. The quantitative estimate of drug-likeness (QED) is 0.577. The molecule has 1 aliphatic rings. The van der Waals surface area contributed by atoms with E-state index in [1.807, 2.05) is 34.7 Å². The molecule has 0 N–H and O–H groups in total. The van der Waals surface area contributed by atoms with Gasteiger partial charge in [-0.25, -0.2) is 4.68 Å². The third-order valence-corrected chi connectivity index (χ3v) is 6.12. The van der Waals surface area contributed by atoms with Crippen LogP contribution in [-0.4, -0.2) is 70.6 Å². The zero-order valence-electron chi connectivity index (χ0n) is 19.5. The predicted molar refractivity (Wildman–Crippen MR) is 128 cm³/mol. The van der Waals surface area contributed by atoms with Gasteiger partial charge in [-0.2, -0.15) is 5.10 Å². The monoisotopic (exact) mass is 445 g/mol. The van der Waals surface area contributed by atoms with Crippen LogP contribution in [0.25, 0.3) is 5.69 Å². The number of alkyl halides is 1. The van der Waals surface area contributed by atoms with Crippen molar-refractivity contribution < 1.29 is 4.79 Å². The van der Waals surface area contributed by atoms with Crippen LogP contribution in [0.4, 0.5) is 5.82 Å². The molecule has 1 amide bonds. The van der Waals surface area contributed by atoms with Crippen LogP contribution in [0.15, 0.2) is 30.3 Å². The number of benzene rings is 1. The Kier molecular flexibility index (Phi) is 8.00. The minimum absolute atomic E-state index is 0.0153. The van der Waals surface area contributed by atoms with E-state index in [0.717, 1.165) is 55.4 Å². The zero-order chi connectivity index (χ0) is 22.5. The first-order chi connectivity index (χ1) is 14.8. The number of aromatic nitrogens is 2. The minimum Gasteiger partial charge on any atom is -0.354 e. The molecule has 0 aliphatic carbocycles. The van der Waals surface area contributed by atoms with Crippen LogP contribution >= 0.6 is 11.6 Å². The van der Waals surface area contributed by atoms with Crippen molar-refractivity contribution >= 4 is 23.3 Å². The van der Waals surface area contributed by atoms with Gasteiger partial charge in [0.2, 0.25) is 5.91 Å². The number of hydrogen-bond donors (Lipinski definition) is 0. The maximum absolute atomic E-state index is 12.9. The first-order valence-corrected chi connectivity index (χ1v) is 11.7. The fourth-order valence-electron chi connectivity index (χ4n) is 3.95. The van der Waals surface area contributed by atoms with Gasteiger partial charge in [-0.3, -0.25) is 4.79 Å². The molecule has 1 aromatic carbocycles. The number of carbonyl (C=O) groups is 1. The number of piperazine rings is 1. The molecule has 1 atom stereocenters. The Bertz CT molecular complexity index is 856. The molecule has 31 heavy (non-hydrogen) atoms. The summed E-state index contributed by atoms with van der Waals surface area (Å²) >= 11 is 6.22. The average molecular weight is 446 g/mol. The Balaban J connectivity index is 2.01. The van der Waals surface area contributed by atoms with E-state index in [1.165, 1.54) is 0 Å². The largest absolute Gasteiger partial charge is 0.354 e. The van der Waals surface area contributed by atoms with Gasteiger partial charge < -0.3 is 14.7 Å². The van der Waals surface area contributed by atoms with E-state index < -0.39 is 5.38 Å². The number of anilines is 1. The molecule has 6 nitrogen and oxygen atoms in total. The van der Waals surface area contributed by atoms with E-state index in [2.05, 4.69) is 42.8 Å². The topological polar surface area (TPSA) is 44.6 Å². The molecule has 0 bridgehead atoms. The highest BCUT2D eigenvalue weighted by molar-refractivity contribution is 6.30. The molecule has 170 valence electrons. The lowest BCUT2D eigenvalue weighted by atomic mass is 10.1. The van der Waals surface area contributed by atoms with Crippen molar-refractivity contribution in [2.75, 3.05) is 44.7 Å². The maximum atomic E-state index is 12.9. The summed E-state index contributed by atoms with van der Waals surface area (Å²) < 4.78 is 2.05. The minimum atomic E-state index is -0.538.